The smallest absolute Gasteiger partial charge is 0.130 e. The third-order valence-electron chi connectivity index (χ3n) is 3.05. The van der Waals surface area contributed by atoms with Crippen LogP contribution in [-0.4, -0.2) is 6.54 Å². The largest absolute Gasteiger partial charge is 0.457 e. The topological polar surface area (TPSA) is 21.3 Å². The highest BCUT2D eigenvalue weighted by Gasteiger charge is 2.04. The quantitative estimate of drug-likeness (QED) is 0.786. The van der Waals surface area contributed by atoms with E-state index in [0.29, 0.717) is 5.75 Å². The van der Waals surface area contributed by atoms with Gasteiger partial charge in [0.2, 0.25) is 0 Å². The number of benzene rings is 2. The normalized spacial score (nSPS) is 10.6. The first-order valence-electron chi connectivity index (χ1n) is 6.92. The Balaban J connectivity index is 2.09. The number of ether oxygens (including phenoxy) is 1. The van der Waals surface area contributed by atoms with E-state index in [9.17, 15) is 4.39 Å². The fraction of sp³-hybridized carbons (Fsp3) is 0.294. The van der Waals surface area contributed by atoms with E-state index >= 15 is 0 Å². The molecule has 0 fully saturated rings. The van der Waals surface area contributed by atoms with Gasteiger partial charge in [-0.05, 0) is 61.3 Å². The second-order valence-corrected chi connectivity index (χ2v) is 4.83. The minimum atomic E-state index is -0.258. The van der Waals surface area contributed by atoms with Gasteiger partial charge >= 0.3 is 0 Å². The van der Waals surface area contributed by atoms with Crippen LogP contribution in [0.25, 0.3) is 0 Å². The van der Waals surface area contributed by atoms with E-state index in [2.05, 4.69) is 18.3 Å². The SMILES string of the molecule is CCCNCc1ccc(C)c(Oc2ccc(F)cc2)c1. The maximum atomic E-state index is 12.9. The van der Waals surface area contributed by atoms with Gasteiger partial charge in [-0.25, -0.2) is 4.39 Å². The maximum absolute atomic E-state index is 12.9. The van der Waals surface area contributed by atoms with E-state index in [1.165, 1.54) is 17.7 Å². The first-order chi connectivity index (χ1) is 9.69. The molecule has 0 amide bonds. The van der Waals surface area contributed by atoms with Crippen molar-refractivity contribution in [2.45, 2.75) is 26.8 Å². The van der Waals surface area contributed by atoms with Crippen molar-refractivity contribution in [2.24, 2.45) is 0 Å². The molecular formula is C17H20FNO. The molecule has 1 N–H and O–H groups in total. The molecule has 0 unspecified atom stereocenters. The van der Waals surface area contributed by atoms with E-state index in [1.54, 1.807) is 12.1 Å². The number of hydrogen-bond acceptors (Lipinski definition) is 2. The Hall–Kier alpha value is -1.87. The number of nitrogens with one attached hydrogen (secondary N) is 1. The van der Waals surface area contributed by atoms with Crippen LogP contribution in [0.15, 0.2) is 42.5 Å². The summed E-state index contributed by atoms with van der Waals surface area (Å²) in [5, 5.41) is 3.36. The van der Waals surface area contributed by atoms with Crippen molar-refractivity contribution < 1.29 is 9.13 Å². The Morgan fingerprint density at radius 3 is 2.55 bits per heavy atom. The summed E-state index contributed by atoms with van der Waals surface area (Å²) in [5.41, 5.74) is 2.25. The van der Waals surface area contributed by atoms with Gasteiger partial charge in [-0.3, -0.25) is 0 Å². The lowest BCUT2D eigenvalue weighted by Crippen LogP contribution is -2.13. The lowest BCUT2D eigenvalue weighted by Gasteiger charge is -2.11. The van der Waals surface area contributed by atoms with Gasteiger partial charge in [-0.15, -0.1) is 0 Å². The standard InChI is InChI=1S/C17H20FNO/c1-3-10-19-12-14-5-4-13(2)17(11-14)20-16-8-6-15(18)7-9-16/h4-9,11,19H,3,10,12H2,1-2H3. The van der Waals surface area contributed by atoms with Crippen LogP contribution in [0.1, 0.15) is 24.5 Å². The fourth-order valence-electron chi connectivity index (χ4n) is 1.90. The predicted molar refractivity (Wildman–Crippen MR) is 79.7 cm³/mol. The van der Waals surface area contributed by atoms with Crippen molar-refractivity contribution >= 4 is 0 Å². The highest BCUT2D eigenvalue weighted by molar-refractivity contribution is 5.40. The molecular weight excluding hydrogens is 253 g/mol. The number of aryl methyl sites for hydroxylation is 1. The van der Waals surface area contributed by atoms with Crippen molar-refractivity contribution in [3.8, 4) is 11.5 Å². The van der Waals surface area contributed by atoms with E-state index in [-0.39, 0.29) is 5.82 Å². The predicted octanol–water partition coefficient (Wildman–Crippen LogP) is 4.43. The molecule has 0 radical (unpaired) electrons. The average molecular weight is 273 g/mol. The molecule has 2 rings (SSSR count). The van der Waals surface area contributed by atoms with Crippen molar-refractivity contribution in [2.75, 3.05) is 6.54 Å². The molecule has 0 heterocycles. The first-order valence-corrected chi connectivity index (χ1v) is 6.92. The zero-order valence-electron chi connectivity index (χ0n) is 11.9. The molecule has 20 heavy (non-hydrogen) atoms. The third-order valence-corrected chi connectivity index (χ3v) is 3.05. The second-order valence-electron chi connectivity index (χ2n) is 4.83. The van der Waals surface area contributed by atoms with Gasteiger partial charge in [0, 0.05) is 6.54 Å². The Bertz CT molecular complexity index is 551. The summed E-state index contributed by atoms with van der Waals surface area (Å²) in [7, 11) is 0. The minimum Gasteiger partial charge on any atom is -0.457 e. The average Bonchev–Trinajstić information content (AvgIpc) is 2.45. The van der Waals surface area contributed by atoms with Crippen molar-refractivity contribution in [3.63, 3.8) is 0 Å². The summed E-state index contributed by atoms with van der Waals surface area (Å²) in [4.78, 5) is 0. The van der Waals surface area contributed by atoms with E-state index in [0.717, 1.165) is 30.8 Å². The molecule has 106 valence electrons. The number of rotatable bonds is 6. The molecule has 0 spiro atoms. The fourth-order valence-corrected chi connectivity index (χ4v) is 1.90. The molecule has 0 aliphatic heterocycles. The van der Waals surface area contributed by atoms with Gasteiger partial charge < -0.3 is 10.1 Å². The van der Waals surface area contributed by atoms with Crippen LogP contribution in [0.4, 0.5) is 4.39 Å². The lowest BCUT2D eigenvalue weighted by atomic mass is 10.1. The van der Waals surface area contributed by atoms with Gasteiger partial charge in [-0.2, -0.15) is 0 Å². The Morgan fingerprint density at radius 2 is 1.85 bits per heavy atom. The van der Waals surface area contributed by atoms with Crippen molar-refractivity contribution in [1.29, 1.82) is 0 Å². The lowest BCUT2D eigenvalue weighted by molar-refractivity contribution is 0.475. The van der Waals surface area contributed by atoms with E-state index in [4.69, 9.17) is 4.74 Å². The molecule has 2 aromatic rings. The molecule has 0 saturated carbocycles. The van der Waals surface area contributed by atoms with Crippen molar-refractivity contribution in [3.05, 3.63) is 59.4 Å². The van der Waals surface area contributed by atoms with Gasteiger partial charge in [0.1, 0.15) is 17.3 Å². The van der Waals surface area contributed by atoms with Crippen LogP contribution in [0, 0.1) is 12.7 Å². The molecule has 2 aromatic carbocycles. The zero-order valence-corrected chi connectivity index (χ0v) is 11.9. The summed E-state index contributed by atoms with van der Waals surface area (Å²) in [6, 6.07) is 12.2. The summed E-state index contributed by atoms with van der Waals surface area (Å²) < 4.78 is 18.7. The Morgan fingerprint density at radius 1 is 1.10 bits per heavy atom. The number of halogens is 1. The molecule has 2 nitrogen and oxygen atoms in total. The van der Waals surface area contributed by atoms with Crippen molar-refractivity contribution in [1.82, 2.24) is 5.32 Å². The van der Waals surface area contributed by atoms with Crippen LogP contribution in [-0.2, 0) is 6.54 Å². The van der Waals surface area contributed by atoms with Crippen LogP contribution < -0.4 is 10.1 Å². The molecule has 0 aliphatic rings. The maximum Gasteiger partial charge on any atom is 0.130 e. The summed E-state index contributed by atoms with van der Waals surface area (Å²) in [6.07, 6.45) is 1.12. The highest BCUT2D eigenvalue weighted by Crippen LogP contribution is 2.26. The van der Waals surface area contributed by atoms with Gasteiger partial charge in [0.15, 0.2) is 0 Å². The molecule has 0 atom stereocenters. The molecule has 0 aliphatic carbocycles. The molecule has 0 aromatic heterocycles. The second kappa shape index (κ2) is 7.06. The van der Waals surface area contributed by atoms with Gasteiger partial charge in [-0.1, -0.05) is 19.1 Å². The van der Waals surface area contributed by atoms with Crippen LogP contribution in [0.3, 0.4) is 0 Å². The number of hydrogen-bond donors (Lipinski definition) is 1. The van der Waals surface area contributed by atoms with E-state index < -0.39 is 0 Å². The molecule has 0 saturated heterocycles. The molecule has 3 heteroatoms. The Labute approximate surface area is 119 Å². The first kappa shape index (κ1) is 14.5. The summed E-state index contributed by atoms with van der Waals surface area (Å²) in [5.74, 6) is 1.20. The molecule has 0 bridgehead atoms. The van der Waals surface area contributed by atoms with E-state index in [1.807, 2.05) is 19.1 Å². The highest BCUT2D eigenvalue weighted by atomic mass is 19.1. The van der Waals surface area contributed by atoms with Crippen LogP contribution in [0.5, 0.6) is 11.5 Å². The minimum absolute atomic E-state index is 0.258. The van der Waals surface area contributed by atoms with Gasteiger partial charge in [0.25, 0.3) is 0 Å². The van der Waals surface area contributed by atoms with Crippen LogP contribution >= 0.6 is 0 Å². The summed E-state index contributed by atoms with van der Waals surface area (Å²) in [6.45, 7) is 5.98. The monoisotopic (exact) mass is 273 g/mol. The van der Waals surface area contributed by atoms with Crippen LogP contribution in [0.2, 0.25) is 0 Å². The zero-order chi connectivity index (χ0) is 14.4. The third kappa shape index (κ3) is 4.07. The Kier molecular flexibility index (Phi) is 5.13. The summed E-state index contributed by atoms with van der Waals surface area (Å²) >= 11 is 0. The van der Waals surface area contributed by atoms with Gasteiger partial charge in [0.05, 0.1) is 0 Å².